The number of nitrogen functional groups attached to an aromatic ring is 1. The zero-order valence-electron chi connectivity index (χ0n) is 13.5. The Kier molecular flexibility index (Phi) is 3.27. The van der Waals surface area contributed by atoms with Gasteiger partial charge in [-0.1, -0.05) is 42.5 Å². The van der Waals surface area contributed by atoms with E-state index < -0.39 is 0 Å². The Morgan fingerprint density at radius 3 is 2.54 bits per heavy atom. The zero-order valence-corrected chi connectivity index (χ0v) is 13.5. The Morgan fingerprint density at radius 2 is 1.83 bits per heavy atom. The minimum absolute atomic E-state index is 0.143. The first-order valence-corrected chi connectivity index (χ1v) is 8.13. The molecule has 1 saturated carbocycles. The number of aromatic nitrogens is 1. The maximum absolute atomic E-state index is 12.9. The van der Waals surface area contributed by atoms with Gasteiger partial charge in [0.25, 0.3) is 5.91 Å². The van der Waals surface area contributed by atoms with Gasteiger partial charge >= 0.3 is 0 Å². The van der Waals surface area contributed by atoms with E-state index in [1.54, 1.807) is 0 Å². The van der Waals surface area contributed by atoms with Crippen LogP contribution in [0.3, 0.4) is 0 Å². The van der Waals surface area contributed by atoms with Gasteiger partial charge in [0.2, 0.25) is 0 Å². The van der Waals surface area contributed by atoms with Crippen molar-refractivity contribution in [3.63, 3.8) is 0 Å². The summed E-state index contributed by atoms with van der Waals surface area (Å²) in [6, 6.07) is 17.6. The fraction of sp³-hybridized carbons (Fsp3) is 0.200. The minimum Gasteiger partial charge on any atom is -0.398 e. The normalized spacial score (nSPS) is 15.2. The number of nitrogens with zero attached hydrogens (tertiary/aromatic N) is 1. The number of nitrogens with two attached hydrogens (primary N) is 1. The fourth-order valence-corrected chi connectivity index (χ4v) is 3.25. The van der Waals surface area contributed by atoms with E-state index in [9.17, 15) is 4.79 Å². The summed E-state index contributed by atoms with van der Waals surface area (Å²) in [6.45, 7) is 1.88. The maximum atomic E-state index is 12.9. The maximum Gasteiger partial charge on any atom is 0.271 e. The molecule has 3 aromatic rings. The number of pyridine rings is 1. The first kappa shape index (κ1) is 14.7. The van der Waals surface area contributed by atoms with Crippen LogP contribution in [0.1, 0.15) is 34.6 Å². The third kappa shape index (κ3) is 2.40. The summed E-state index contributed by atoms with van der Waals surface area (Å²) in [5, 5.41) is 4.86. The Hall–Kier alpha value is -2.88. The standard InChI is InChI=1S/C20H19N3O/c1-13-12-16-15(8-5-9-17(16)21)18(22-13)19(24)23-20(10-11-20)14-6-3-2-4-7-14/h2-9,12H,10-11,21H2,1H3,(H,23,24). The van der Waals surface area contributed by atoms with Crippen molar-refractivity contribution in [3.8, 4) is 0 Å². The molecular weight excluding hydrogens is 298 g/mol. The highest BCUT2D eigenvalue weighted by Crippen LogP contribution is 2.45. The van der Waals surface area contributed by atoms with E-state index in [1.807, 2.05) is 49.4 Å². The van der Waals surface area contributed by atoms with Gasteiger partial charge in [-0.25, -0.2) is 4.98 Å². The monoisotopic (exact) mass is 317 g/mol. The molecule has 1 heterocycles. The fourth-order valence-electron chi connectivity index (χ4n) is 3.25. The molecule has 0 aliphatic heterocycles. The predicted octanol–water partition coefficient (Wildman–Crippen LogP) is 3.54. The molecule has 4 heteroatoms. The highest BCUT2D eigenvalue weighted by Gasteiger charge is 2.45. The molecule has 0 radical (unpaired) electrons. The number of benzene rings is 2. The molecule has 3 N–H and O–H groups in total. The molecule has 1 aliphatic rings. The van der Waals surface area contributed by atoms with E-state index >= 15 is 0 Å². The first-order valence-electron chi connectivity index (χ1n) is 8.13. The Balaban J connectivity index is 1.73. The Morgan fingerprint density at radius 1 is 1.08 bits per heavy atom. The second-order valence-corrected chi connectivity index (χ2v) is 6.46. The summed E-state index contributed by atoms with van der Waals surface area (Å²) in [7, 11) is 0. The Bertz CT molecular complexity index is 930. The lowest BCUT2D eigenvalue weighted by Crippen LogP contribution is -2.35. The van der Waals surface area contributed by atoms with Gasteiger partial charge in [-0.2, -0.15) is 0 Å². The minimum atomic E-state index is -0.254. The summed E-state index contributed by atoms with van der Waals surface area (Å²) in [5.41, 5.74) is 8.85. The molecular formula is C20H19N3O. The van der Waals surface area contributed by atoms with Crippen LogP contribution in [-0.4, -0.2) is 10.9 Å². The van der Waals surface area contributed by atoms with Crippen LogP contribution >= 0.6 is 0 Å². The topological polar surface area (TPSA) is 68.0 Å². The van der Waals surface area contributed by atoms with Crippen molar-refractivity contribution in [3.05, 3.63) is 71.5 Å². The Labute approximate surface area is 140 Å². The number of fused-ring (bicyclic) bond motifs is 1. The van der Waals surface area contributed by atoms with Crippen LogP contribution in [0, 0.1) is 6.92 Å². The summed E-state index contributed by atoms with van der Waals surface area (Å²) >= 11 is 0. The van der Waals surface area contributed by atoms with E-state index in [2.05, 4.69) is 22.4 Å². The van der Waals surface area contributed by atoms with Crippen molar-refractivity contribution in [1.29, 1.82) is 0 Å². The molecule has 0 spiro atoms. The SMILES string of the molecule is Cc1cc2c(N)cccc2c(C(=O)NC2(c3ccccc3)CC2)n1. The van der Waals surface area contributed by atoms with Gasteiger partial charge in [-0.3, -0.25) is 4.79 Å². The number of hydrogen-bond donors (Lipinski definition) is 2. The van der Waals surface area contributed by atoms with E-state index in [0.29, 0.717) is 11.4 Å². The molecule has 2 aromatic carbocycles. The molecule has 0 bridgehead atoms. The predicted molar refractivity (Wildman–Crippen MR) is 95.7 cm³/mol. The van der Waals surface area contributed by atoms with Crippen molar-refractivity contribution in [2.24, 2.45) is 0 Å². The lowest BCUT2D eigenvalue weighted by molar-refractivity contribution is 0.0927. The van der Waals surface area contributed by atoms with Crippen LogP contribution in [0.2, 0.25) is 0 Å². The van der Waals surface area contributed by atoms with Crippen LogP contribution in [0.25, 0.3) is 10.8 Å². The number of rotatable bonds is 3. The zero-order chi connectivity index (χ0) is 16.7. The van der Waals surface area contributed by atoms with Gasteiger partial charge in [-0.05, 0) is 37.5 Å². The van der Waals surface area contributed by atoms with Crippen molar-refractivity contribution in [2.75, 3.05) is 5.73 Å². The van der Waals surface area contributed by atoms with E-state index in [-0.39, 0.29) is 11.4 Å². The van der Waals surface area contributed by atoms with E-state index in [0.717, 1.165) is 34.9 Å². The molecule has 24 heavy (non-hydrogen) atoms. The van der Waals surface area contributed by atoms with Gasteiger partial charge in [0.1, 0.15) is 5.69 Å². The quantitative estimate of drug-likeness (QED) is 0.726. The number of carbonyl (C=O) groups is 1. The molecule has 4 rings (SSSR count). The average Bonchev–Trinajstić information content (AvgIpc) is 3.36. The van der Waals surface area contributed by atoms with Gasteiger partial charge in [0.15, 0.2) is 0 Å². The highest BCUT2D eigenvalue weighted by atomic mass is 16.2. The second kappa shape index (κ2) is 5.34. The molecule has 0 atom stereocenters. The third-order valence-electron chi connectivity index (χ3n) is 4.68. The van der Waals surface area contributed by atoms with Crippen molar-refractivity contribution >= 4 is 22.4 Å². The molecule has 1 aliphatic carbocycles. The number of amides is 1. The molecule has 4 nitrogen and oxygen atoms in total. The van der Waals surface area contributed by atoms with Gasteiger partial charge in [0, 0.05) is 22.2 Å². The van der Waals surface area contributed by atoms with Crippen LogP contribution in [0.15, 0.2) is 54.6 Å². The van der Waals surface area contributed by atoms with E-state index in [1.165, 1.54) is 0 Å². The number of aryl methyl sites for hydroxylation is 1. The largest absolute Gasteiger partial charge is 0.398 e. The molecule has 1 fully saturated rings. The average molecular weight is 317 g/mol. The summed E-state index contributed by atoms with van der Waals surface area (Å²) < 4.78 is 0. The smallest absolute Gasteiger partial charge is 0.271 e. The highest BCUT2D eigenvalue weighted by molar-refractivity contribution is 6.08. The van der Waals surface area contributed by atoms with Gasteiger partial charge < -0.3 is 11.1 Å². The van der Waals surface area contributed by atoms with Gasteiger partial charge in [-0.15, -0.1) is 0 Å². The van der Waals surface area contributed by atoms with Gasteiger partial charge in [0.05, 0.1) is 5.54 Å². The summed E-state index contributed by atoms with van der Waals surface area (Å²) in [4.78, 5) is 17.4. The van der Waals surface area contributed by atoms with Crippen LogP contribution < -0.4 is 11.1 Å². The molecule has 120 valence electrons. The van der Waals surface area contributed by atoms with Crippen LogP contribution in [0.5, 0.6) is 0 Å². The van der Waals surface area contributed by atoms with Crippen LogP contribution in [0.4, 0.5) is 5.69 Å². The number of nitrogens with one attached hydrogen (secondary N) is 1. The lowest BCUT2D eigenvalue weighted by atomic mass is 10.0. The third-order valence-corrected chi connectivity index (χ3v) is 4.68. The number of hydrogen-bond acceptors (Lipinski definition) is 3. The second-order valence-electron chi connectivity index (χ2n) is 6.46. The first-order chi connectivity index (χ1) is 11.6. The summed E-state index contributed by atoms with van der Waals surface area (Å²) in [6.07, 6.45) is 1.91. The van der Waals surface area contributed by atoms with Crippen molar-refractivity contribution in [2.45, 2.75) is 25.3 Å². The number of anilines is 1. The van der Waals surface area contributed by atoms with Crippen molar-refractivity contribution < 1.29 is 4.79 Å². The van der Waals surface area contributed by atoms with Crippen LogP contribution in [-0.2, 0) is 5.54 Å². The molecule has 1 amide bonds. The van der Waals surface area contributed by atoms with Crippen molar-refractivity contribution in [1.82, 2.24) is 10.3 Å². The molecule has 0 unspecified atom stereocenters. The molecule has 0 saturated heterocycles. The summed E-state index contributed by atoms with van der Waals surface area (Å²) in [5.74, 6) is -0.143. The lowest BCUT2D eigenvalue weighted by Gasteiger charge is -2.18. The van der Waals surface area contributed by atoms with E-state index in [4.69, 9.17) is 5.73 Å². The molecule has 1 aromatic heterocycles. The number of carbonyl (C=O) groups excluding carboxylic acids is 1.